The summed E-state index contributed by atoms with van der Waals surface area (Å²) in [6.45, 7) is 15.2. The van der Waals surface area contributed by atoms with Crippen molar-refractivity contribution in [3.05, 3.63) is 52.1 Å². The summed E-state index contributed by atoms with van der Waals surface area (Å²) in [7, 11) is 0. The van der Waals surface area contributed by atoms with Gasteiger partial charge in [0.1, 0.15) is 0 Å². The number of benzene rings is 1. The minimum absolute atomic E-state index is 0.0903. The highest BCUT2D eigenvalue weighted by Gasteiger charge is 2.53. The second-order valence-electron chi connectivity index (χ2n) is 9.64. The predicted molar refractivity (Wildman–Crippen MR) is 168 cm³/mol. The highest BCUT2D eigenvalue weighted by molar-refractivity contribution is 6.08. The molecule has 47 heavy (non-hydrogen) atoms. The minimum Gasteiger partial charge on any atom is -0.505 e. The average Bonchev–Trinajstić information content (AvgIpc) is 3.44. The zero-order valence-corrected chi connectivity index (χ0v) is 27.6. The molecule has 0 bridgehead atoms. The molecule has 15 nitrogen and oxygen atoms in total. The molecule has 9 N–H and O–H groups in total. The normalized spacial score (nSPS) is 21.6. The van der Waals surface area contributed by atoms with Crippen molar-refractivity contribution in [3.8, 4) is 17.2 Å². The summed E-state index contributed by atoms with van der Waals surface area (Å²) in [6.07, 6.45) is -0.840. The number of phenols is 3. The van der Waals surface area contributed by atoms with Crippen LogP contribution in [0.15, 0.2) is 35.1 Å². The molecule has 3 aliphatic heterocycles. The number of likely N-dealkylation sites (tertiary alicyclic amines) is 1. The van der Waals surface area contributed by atoms with E-state index < -0.39 is 100 Å². The molecule has 3 heterocycles. The highest BCUT2D eigenvalue weighted by atomic mass is 19.1. The van der Waals surface area contributed by atoms with Crippen LogP contribution in [-0.2, 0) is 32.2 Å². The summed E-state index contributed by atoms with van der Waals surface area (Å²) >= 11 is 0. The van der Waals surface area contributed by atoms with Crippen LogP contribution < -0.4 is 10.6 Å². The summed E-state index contributed by atoms with van der Waals surface area (Å²) in [5, 5.41) is 77.3. The van der Waals surface area contributed by atoms with Gasteiger partial charge in [-0.1, -0.05) is 48.1 Å². The van der Waals surface area contributed by atoms with Crippen molar-refractivity contribution in [1.29, 1.82) is 0 Å². The van der Waals surface area contributed by atoms with Gasteiger partial charge in [-0.25, -0.2) is 4.39 Å². The minimum atomic E-state index is -2.56. The van der Waals surface area contributed by atoms with E-state index in [1.165, 1.54) is 0 Å². The topological polar surface area (TPSA) is 233 Å². The number of nitrogens with zero attached hydrogens (tertiary/aromatic N) is 2. The number of morpholine rings is 1. The SMILES string of the molecule is C=C(O)/C(O)=C1/C(=O)N(C2(O)CCC(=O)NC2=O)C/C1=C(/O)NCc1c(O)c(O)c(CN2CCOCC2)c(O)c1F.CC.CC.CC. The zero-order chi connectivity index (χ0) is 36.2. The molecule has 3 fully saturated rings. The summed E-state index contributed by atoms with van der Waals surface area (Å²) in [5.74, 6) is -10.1. The van der Waals surface area contributed by atoms with E-state index in [-0.39, 0.29) is 18.5 Å². The van der Waals surface area contributed by atoms with Crippen molar-refractivity contribution in [2.45, 2.75) is 73.2 Å². The first-order chi connectivity index (χ1) is 22.3. The number of hydrogen-bond acceptors (Lipinski definition) is 13. The third kappa shape index (κ3) is 8.64. The molecule has 264 valence electrons. The van der Waals surface area contributed by atoms with E-state index in [9.17, 15) is 50.1 Å². The van der Waals surface area contributed by atoms with Crippen LogP contribution in [0.4, 0.5) is 4.39 Å². The van der Waals surface area contributed by atoms with Gasteiger partial charge in [-0.3, -0.25) is 29.5 Å². The van der Waals surface area contributed by atoms with Crippen LogP contribution in [0.3, 0.4) is 0 Å². The number of piperidine rings is 1. The first kappa shape index (κ1) is 40.5. The Bertz CT molecular complexity index is 1360. The Balaban J connectivity index is 0.00000174. The first-order valence-electron chi connectivity index (χ1n) is 15.4. The molecule has 1 atom stereocenters. The molecule has 0 aliphatic carbocycles. The summed E-state index contributed by atoms with van der Waals surface area (Å²) < 4.78 is 20.3. The van der Waals surface area contributed by atoms with E-state index in [0.717, 1.165) is 0 Å². The maximum atomic E-state index is 15.1. The van der Waals surface area contributed by atoms with Crippen molar-refractivity contribution >= 4 is 17.7 Å². The van der Waals surface area contributed by atoms with E-state index in [4.69, 9.17) is 4.74 Å². The van der Waals surface area contributed by atoms with E-state index in [2.05, 4.69) is 11.9 Å². The monoisotopic (exact) mass is 670 g/mol. The highest BCUT2D eigenvalue weighted by Crippen LogP contribution is 2.42. The van der Waals surface area contributed by atoms with Crippen molar-refractivity contribution < 1.29 is 59.3 Å². The third-order valence-electron chi connectivity index (χ3n) is 7.11. The van der Waals surface area contributed by atoms with Gasteiger partial charge in [0.15, 0.2) is 40.5 Å². The van der Waals surface area contributed by atoms with Gasteiger partial charge in [-0.2, -0.15) is 0 Å². The number of carbonyl (C=O) groups excluding carboxylic acids is 3. The summed E-state index contributed by atoms with van der Waals surface area (Å²) in [4.78, 5) is 39.4. The molecule has 0 spiro atoms. The van der Waals surface area contributed by atoms with E-state index in [0.29, 0.717) is 31.2 Å². The lowest BCUT2D eigenvalue weighted by Crippen LogP contribution is -2.63. The van der Waals surface area contributed by atoms with Crippen molar-refractivity contribution in [3.63, 3.8) is 0 Å². The Morgan fingerprint density at radius 1 is 0.957 bits per heavy atom. The van der Waals surface area contributed by atoms with Gasteiger partial charge in [0.2, 0.25) is 11.6 Å². The van der Waals surface area contributed by atoms with Crippen LogP contribution in [0, 0.1) is 5.82 Å². The maximum absolute atomic E-state index is 15.1. The van der Waals surface area contributed by atoms with E-state index in [1.807, 2.05) is 46.9 Å². The molecule has 1 aromatic carbocycles. The molecule has 1 aromatic rings. The fourth-order valence-corrected chi connectivity index (χ4v) is 4.75. The lowest BCUT2D eigenvalue weighted by Gasteiger charge is -2.37. The first-order valence-corrected chi connectivity index (χ1v) is 15.4. The summed E-state index contributed by atoms with van der Waals surface area (Å²) in [5.41, 5.74) is -4.73. The number of aliphatic hydroxyl groups excluding tert-OH is 3. The molecule has 16 heteroatoms. The molecule has 4 rings (SSSR count). The van der Waals surface area contributed by atoms with Gasteiger partial charge in [-0.15, -0.1) is 0 Å². The number of imide groups is 1. The van der Waals surface area contributed by atoms with Crippen LogP contribution in [0.2, 0.25) is 0 Å². The van der Waals surface area contributed by atoms with Gasteiger partial charge in [0.05, 0.1) is 36.5 Å². The number of rotatable bonds is 7. The zero-order valence-electron chi connectivity index (χ0n) is 27.6. The Morgan fingerprint density at radius 3 is 2.04 bits per heavy atom. The fraction of sp³-hybridized carbons (Fsp3) is 0.516. The van der Waals surface area contributed by atoms with Crippen LogP contribution in [0.5, 0.6) is 17.2 Å². The fourth-order valence-electron chi connectivity index (χ4n) is 4.75. The predicted octanol–water partition coefficient (Wildman–Crippen LogP) is 2.56. The molecule has 0 radical (unpaired) electrons. The van der Waals surface area contributed by atoms with Crippen molar-refractivity contribution in [2.24, 2.45) is 0 Å². The summed E-state index contributed by atoms with van der Waals surface area (Å²) in [6, 6.07) is 0. The number of phenolic OH excluding ortho intramolecular Hbond substituents is 3. The standard InChI is InChI=1S/C25H29FN4O11.3C2H6/c1-11(31)18(33)16-13(10-30(23(16)38)25(40)3-2-15(32)28-24(25)39)22(37)27-8-12-17(26)19(34)14(21(36)20(12)35)9-29-4-6-41-7-5-29;3*1-2/h27,31,33-37,40H,1-10H2,(H,28,32,39);3*1-2H3/b18-16-,22-13-;;;. The number of nitrogens with one attached hydrogen (secondary N) is 2. The van der Waals surface area contributed by atoms with Gasteiger partial charge in [0, 0.05) is 44.6 Å². The Morgan fingerprint density at radius 2 is 1.51 bits per heavy atom. The Labute approximate surface area is 272 Å². The van der Waals surface area contributed by atoms with E-state index in [1.54, 1.807) is 4.90 Å². The van der Waals surface area contributed by atoms with Gasteiger partial charge >= 0.3 is 0 Å². The number of halogens is 1. The number of aromatic hydroxyl groups is 3. The number of carbonyl (C=O) groups is 3. The lowest BCUT2D eigenvalue weighted by atomic mass is 10.00. The van der Waals surface area contributed by atoms with Gasteiger partial charge in [-0.05, 0) is 0 Å². The molecular weight excluding hydrogens is 623 g/mol. The second kappa shape index (κ2) is 18.0. The number of aliphatic hydroxyl groups is 4. The molecule has 3 amide bonds. The van der Waals surface area contributed by atoms with Gasteiger partial charge < -0.3 is 45.8 Å². The molecule has 0 saturated carbocycles. The number of ether oxygens (including phenoxy) is 1. The lowest BCUT2D eigenvalue weighted by molar-refractivity contribution is -0.177. The molecule has 1 unspecified atom stereocenters. The van der Waals surface area contributed by atoms with Crippen molar-refractivity contribution in [2.75, 3.05) is 32.8 Å². The van der Waals surface area contributed by atoms with Crippen LogP contribution in [-0.4, -0.2) is 102 Å². The largest absolute Gasteiger partial charge is 0.505 e. The third-order valence-corrected chi connectivity index (χ3v) is 7.11. The smallest absolute Gasteiger partial charge is 0.279 e. The maximum Gasteiger partial charge on any atom is 0.279 e. The van der Waals surface area contributed by atoms with Crippen molar-refractivity contribution in [1.82, 2.24) is 20.4 Å². The van der Waals surface area contributed by atoms with Crippen LogP contribution in [0.25, 0.3) is 0 Å². The Hall–Kier alpha value is -4.54. The quantitative estimate of drug-likeness (QED) is 0.0668. The van der Waals surface area contributed by atoms with Crippen LogP contribution in [0.1, 0.15) is 65.5 Å². The number of hydrogen-bond donors (Lipinski definition) is 9. The molecular formula is C31H47FN4O11. The molecule has 0 aromatic heterocycles. The Kier molecular flexibility index (Phi) is 15.5. The second-order valence-corrected chi connectivity index (χ2v) is 9.64. The van der Waals surface area contributed by atoms with E-state index >= 15 is 4.39 Å². The molecule has 3 saturated heterocycles. The van der Waals surface area contributed by atoms with Gasteiger partial charge in [0.25, 0.3) is 11.8 Å². The molecule has 3 aliphatic rings. The number of amides is 3. The average molecular weight is 671 g/mol. The van der Waals surface area contributed by atoms with Crippen LogP contribution >= 0.6 is 0 Å².